The van der Waals surface area contributed by atoms with Gasteiger partial charge in [0.15, 0.2) is 0 Å². The minimum absolute atomic E-state index is 0.0401. The molecule has 1 aliphatic rings. The Balaban J connectivity index is 1.80. The zero-order valence-corrected chi connectivity index (χ0v) is 17.7. The SMILES string of the molecule is CCOC(=O)c1nc(-c2ccc(N3CC(CNC(=O)OC)OC3=O)cc2F)oc1OCC. The number of nitrogens with one attached hydrogen (secondary N) is 1. The summed E-state index contributed by atoms with van der Waals surface area (Å²) in [7, 11) is 1.22. The van der Waals surface area contributed by atoms with Crippen molar-refractivity contribution in [1.82, 2.24) is 10.3 Å². The summed E-state index contributed by atoms with van der Waals surface area (Å²) in [4.78, 5) is 40.6. The van der Waals surface area contributed by atoms with E-state index >= 15 is 0 Å². The van der Waals surface area contributed by atoms with Crippen molar-refractivity contribution in [2.75, 3.05) is 38.3 Å². The number of carbonyl (C=O) groups is 3. The summed E-state index contributed by atoms with van der Waals surface area (Å²) in [5, 5.41) is 2.44. The third kappa shape index (κ3) is 4.90. The molecule has 0 saturated carbocycles. The van der Waals surface area contributed by atoms with Gasteiger partial charge in [-0.1, -0.05) is 0 Å². The number of nitrogens with zero attached hydrogens (tertiary/aromatic N) is 2. The van der Waals surface area contributed by atoms with E-state index in [-0.39, 0.29) is 55.1 Å². The Morgan fingerprint density at radius 2 is 2.09 bits per heavy atom. The summed E-state index contributed by atoms with van der Waals surface area (Å²) < 4.78 is 40.1. The van der Waals surface area contributed by atoms with E-state index in [0.717, 1.165) is 6.07 Å². The highest BCUT2D eigenvalue weighted by molar-refractivity contribution is 5.91. The van der Waals surface area contributed by atoms with Crippen LogP contribution >= 0.6 is 0 Å². The van der Waals surface area contributed by atoms with Crippen LogP contribution in [0.5, 0.6) is 5.95 Å². The zero-order valence-electron chi connectivity index (χ0n) is 17.7. The topological polar surface area (TPSA) is 129 Å². The molecule has 0 bridgehead atoms. The molecule has 1 fully saturated rings. The Kier molecular flexibility index (Phi) is 7.13. The number of halogens is 1. The van der Waals surface area contributed by atoms with Crippen LogP contribution in [0.25, 0.3) is 11.5 Å². The average Bonchev–Trinajstić information content (AvgIpc) is 3.35. The lowest BCUT2D eigenvalue weighted by Gasteiger charge is -2.14. The first-order valence-electron chi connectivity index (χ1n) is 9.78. The first kappa shape index (κ1) is 22.8. The Morgan fingerprint density at radius 1 is 1.31 bits per heavy atom. The first-order chi connectivity index (χ1) is 15.4. The smallest absolute Gasteiger partial charge is 0.414 e. The standard InChI is InChI=1S/C20H22FN3O8/c1-4-29-17(25)15-18(30-5-2)32-16(23-15)13-7-6-11(8-14(13)21)24-10-12(31-20(24)27)9-22-19(26)28-3/h6-8,12H,4-5,9-10H2,1-3H3,(H,22,26). The summed E-state index contributed by atoms with van der Waals surface area (Å²) in [5.74, 6) is -1.85. The number of cyclic esters (lactones) is 1. The monoisotopic (exact) mass is 451 g/mol. The molecular formula is C20H22FN3O8. The molecule has 1 aromatic heterocycles. The minimum atomic E-state index is -0.755. The fraction of sp³-hybridized carbons (Fsp3) is 0.400. The van der Waals surface area contributed by atoms with Gasteiger partial charge >= 0.3 is 24.1 Å². The highest BCUT2D eigenvalue weighted by Crippen LogP contribution is 2.32. The van der Waals surface area contributed by atoms with Crippen LogP contribution in [0.2, 0.25) is 0 Å². The number of ether oxygens (including phenoxy) is 4. The van der Waals surface area contributed by atoms with Gasteiger partial charge in [0, 0.05) is 0 Å². The molecule has 1 saturated heterocycles. The molecule has 0 radical (unpaired) electrons. The van der Waals surface area contributed by atoms with Crippen molar-refractivity contribution in [1.29, 1.82) is 0 Å². The Morgan fingerprint density at radius 3 is 2.75 bits per heavy atom. The Labute approximate surface area is 182 Å². The van der Waals surface area contributed by atoms with Gasteiger partial charge in [-0.15, -0.1) is 0 Å². The van der Waals surface area contributed by atoms with Crippen molar-refractivity contribution in [2.24, 2.45) is 0 Å². The van der Waals surface area contributed by atoms with Gasteiger partial charge in [0.2, 0.25) is 11.6 Å². The fourth-order valence-corrected chi connectivity index (χ4v) is 2.93. The molecule has 172 valence electrons. The van der Waals surface area contributed by atoms with E-state index in [1.165, 1.54) is 24.1 Å². The summed E-state index contributed by atoms with van der Waals surface area (Å²) in [6.45, 7) is 3.79. The molecule has 0 aliphatic carbocycles. The lowest BCUT2D eigenvalue weighted by Crippen LogP contribution is -2.34. The number of aromatic nitrogens is 1. The lowest BCUT2D eigenvalue weighted by atomic mass is 10.1. The molecule has 1 N–H and O–H groups in total. The number of oxazole rings is 1. The molecule has 1 unspecified atom stereocenters. The van der Waals surface area contributed by atoms with Gasteiger partial charge in [-0.3, -0.25) is 4.90 Å². The Hall–Kier alpha value is -3.83. The number of amides is 2. The third-order valence-corrected chi connectivity index (χ3v) is 4.37. The molecule has 2 amide bonds. The molecule has 12 heteroatoms. The maximum Gasteiger partial charge on any atom is 0.414 e. The average molecular weight is 451 g/mol. The fourth-order valence-electron chi connectivity index (χ4n) is 2.93. The Bertz CT molecular complexity index is 1010. The van der Waals surface area contributed by atoms with Crippen LogP contribution < -0.4 is 15.0 Å². The number of esters is 1. The van der Waals surface area contributed by atoms with E-state index in [1.807, 2.05) is 0 Å². The van der Waals surface area contributed by atoms with Crippen molar-refractivity contribution < 1.29 is 42.1 Å². The highest BCUT2D eigenvalue weighted by Gasteiger charge is 2.33. The predicted molar refractivity (Wildman–Crippen MR) is 107 cm³/mol. The van der Waals surface area contributed by atoms with Crippen molar-refractivity contribution in [3.63, 3.8) is 0 Å². The zero-order chi connectivity index (χ0) is 23.3. The van der Waals surface area contributed by atoms with E-state index < -0.39 is 30.1 Å². The van der Waals surface area contributed by atoms with Gasteiger partial charge < -0.3 is 28.7 Å². The molecule has 2 aromatic rings. The van der Waals surface area contributed by atoms with Crippen LogP contribution in [-0.2, 0) is 14.2 Å². The van der Waals surface area contributed by atoms with Crippen LogP contribution in [-0.4, -0.2) is 62.7 Å². The molecule has 1 aromatic carbocycles. The van der Waals surface area contributed by atoms with Crippen LogP contribution in [0.4, 0.5) is 19.7 Å². The van der Waals surface area contributed by atoms with E-state index in [9.17, 15) is 18.8 Å². The maximum atomic E-state index is 14.9. The molecule has 1 atom stereocenters. The molecule has 0 spiro atoms. The number of rotatable bonds is 8. The largest absolute Gasteiger partial charge is 0.464 e. The van der Waals surface area contributed by atoms with Gasteiger partial charge in [0.05, 0.1) is 44.7 Å². The number of methoxy groups -OCH3 is 1. The number of carbonyl (C=O) groups excluding carboxylic acids is 3. The van der Waals surface area contributed by atoms with E-state index in [2.05, 4.69) is 15.0 Å². The lowest BCUT2D eigenvalue weighted by molar-refractivity contribution is 0.0512. The summed E-state index contributed by atoms with van der Waals surface area (Å²) in [6.07, 6.45) is -1.97. The van der Waals surface area contributed by atoms with E-state index in [1.54, 1.807) is 13.8 Å². The second-order valence-electron chi connectivity index (χ2n) is 6.46. The van der Waals surface area contributed by atoms with Crippen molar-refractivity contribution in [2.45, 2.75) is 20.0 Å². The summed E-state index contributed by atoms with van der Waals surface area (Å²) in [6, 6.07) is 3.94. The van der Waals surface area contributed by atoms with Crippen LogP contribution in [0.1, 0.15) is 24.3 Å². The summed E-state index contributed by atoms with van der Waals surface area (Å²) >= 11 is 0. The number of benzene rings is 1. The minimum Gasteiger partial charge on any atom is -0.464 e. The quantitative estimate of drug-likeness (QED) is 0.476. The van der Waals surface area contributed by atoms with Crippen LogP contribution in [0.15, 0.2) is 22.6 Å². The number of alkyl carbamates (subject to hydrolysis) is 1. The third-order valence-electron chi connectivity index (χ3n) is 4.37. The molecule has 2 heterocycles. The second-order valence-corrected chi connectivity index (χ2v) is 6.46. The van der Waals surface area contributed by atoms with Crippen LogP contribution in [0, 0.1) is 5.82 Å². The van der Waals surface area contributed by atoms with Crippen molar-refractivity contribution in [3.05, 3.63) is 29.7 Å². The van der Waals surface area contributed by atoms with Gasteiger partial charge in [-0.25, -0.2) is 18.8 Å². The number of hydrogen-bond acceptors (Lipinski definition) is 9. The maximum absolute atomic E-state index is 14.9. The number of hydrogen-bond donors (Lipinski definition) is 1. The normalized spacial score (nSPS) is 15.3. The molecule has 32 heavy (non-hydrogen) atoms. The molecule has 11 nitrogen and oxygen atoms in total. The second kappa shape index (κ2) is 9.98. The van der Waals surface area contributed by atoms with Crippen molar-refractivity contribution >= 4 is 23.8 Å². The van der Waals surface area contributed by atoms with E-state index in [4.69, 9.17) is 18.6 Å². The highest BCUT2D eigenvalue weighted by atomic mass is 19.1. The first-order valence-corrected chi connectivity index (χ1v) is 9.78. The van der Waals surface area contributed by atoms with Gasteiger partial charge in [-0.2, -0.15) is 4.98 Å². The number of anilines is 1. The van der Waals surface area contributed by atoms with Crippen LogP contribution in [0.3, 0.4) is 0 Å². The van der Waals surface area contributed by atoms with Crippen molar-refractivity contribution in [3.8, 4) is 17.4 Å². The van der Waals surface area contributed by atoms with Gasteiger partial charge in [-0.05, 0) is 32.0 Å². The predicted octanol–water partition coefficient (Wildman–Crippen LogP) is 2.74. The molecular weight excluding hydrogens is 429 g/mol. The molecule has 3 rings (SSSR count). The van der Waals surface area contributed by atoms with Gasteiger partial charge in [0.25, 0.3) is 0 Å². The summed E-state index contributed by atoms with van der Waals surface area (Å²) in [5.41, 5.74) is -0.00279. The van der Waals surface area contributed by atoms with Gasteiger partial charge in [0.1, 0.15) is 11.9 Å². The molecule has 1 aliphatic heterocycles. The van der Waals surface area contributed by atoms with E-state index in [0.29, 0.717) is 0 Å².